The zero-order valence-corrected chi connectivity index (χ0v) is 17.6. The van der Waals surface area contributed by atoms with E-state index in [9.17, 15) is 9.18 Å². The van der Waals surface area contributed by atoms with Gasteiger partial charge in [-0.1, -0.05) is 11.3 Å². The highest BCUT2D eigenvalue weighted by atomic mass is 19.1. The quantitative estimate of drug-likeness (QED) is 0.487. The molecule has 0 aliphatic carbocycles. The van der Waals surface area contributed by atoms with Gasteiger partial charge < -0.3 is 14.8 Å². The summed E-state index contributed by atoms with van der Waals surface area (Å²) in [5, 5.41) is 12.2. The van der Waals surface area contributed by atoms with E-state index in [4.69, 9.17) is 9.47 Å². The number of hydrogen-bond acceptors (Lipinski definition) is 8. The highest BCUT2D eigenvalue weighted by Crippen LogP contribution is 2.28. The van der Waals surface area contributed by atoms with Crippen molar-refractivity contribution in [3.8, 4) is 11.3 Å². The van der Waals surface area contributed by atoms with Gasteiger partial charge in [0.1, 0.15) is 11.8 Å². The lowest BCUT2D eigenvalue weighted by atomic mass is 10.1. The number of nitrogens with zero attached hydrogens (tertiary/aromatic N) is 5. The van der Waals surface area contributed by atoms with Gasteiger partial charge in [-0.2, -0.15) is 0 Å². The number of halogens is 1. The molecule has 1 aliphatic rings. The van der Waals surface area contributed by atoms with Crippen LogP contribution in [0.15, 0.2) is 36.7 Å². The zero-order chi connectivity index (χ0) is 22.2. The lowest BCUT2D eigenvalue weighted by Crippen LogP contribution is -2.44. The van der Waals surface area contributed by atoms with E-state index in [1.54, 1.807) is 16.8 Å². The van der Waals surface area contributed by atoms with Crippen LogP contribution in [-0.4, -0.2) is 56.1 Å². The molecule has 0 unspecified atom stereocenters. The van der Waals surface area contributed by atoms with Crippen LogP contribution in [0, 0.1) is 12.7 Å². The molecule has 0 spiro atoms. The number of fused-ring (bicyclic) bond motifs is 3. The molecule has 5 rings (SSSR count). The second-order valence-electron chi connectivity index (χ2n) is 7.78. The van der Waals surface area contributed by atoms with Gasteiger partial charge in [0.2, 0.25) is 5.95 Å². The Morgan fingerprint density at radius 2 is 2.16 bits per heavy atom. The number of anilines is 1. The first-order chi connectivity index (χ1) is 15.5. The maximum atomic E-state index is 14.7. The molecule has 1 saturated heterocycles. The fourth-order valence-corrected chi connectivity index (χ4v) is 4.01. The average Bonchev–Trinajstić information content (AvgIpc) is 3.27. The maximum Gasteiger partial charge on any atom is 0.303 e. The van der Waals surface area contributed by atoms with Gasteiger partial charge in [0.15, 0.2) is 5.82 Å². The minimum atomic E-state index is -0.531. The monoisotopic (exact) mass is 436 g/mol. The van der Waals surface area contributed by atoms with E-state index < -0.39 is 11.9 Å². The van der Waals surface area contributed by atoms with Gasteiger partial charge in [-0.3, -0.25) is 4.79 Å². The molecule has 10 heteroatoms. The molecule has 1 fully saturated rings. The van der Waals surface area contributed by atoms with Gasteiger partial charge in [-0.05, 0) is 37.1 Å². The first kappa shape index (κ1) is 20.3. The Hall–Kier alpha value is -3.66. The van der Waals surface area contributed by atoms with E-state index in [1.165, 1.54) is 6.92 Å². The molecule has 0 radical (unpaired) electrons. The number of pyridine rings is 1. The number of rotatable bonds is 4. The molecule has 0 saturated carbocycles. The number of esters is 1. The predicted octanol–water partition coefficient (Wildman–Crippen LogP) is 2.92. The Bertz CT molecular complexity index is 1320. The second-order valence-corrected chi connectivity index (χ2v) is 7.78. The van der Waals surface area contributed by atoms with Gasteiger partial charge in [-0.15, -0.1) is 5.10 Å². The van der Waals surface area contributed by atoms with Gasteiger partial charge >= 0.3 is 5.97 Å². The van der Waals surface area contributed by atoms with Crippen LogP contribution in [0.25, 0.3) is 27.7 Å². The lowest BCUT2D eigenvalue weighted by Gasteiger charge is -2.31. The minimum absolute atomic E-state index is 0.178. The third-order valence-electron chi connectivity index (χ3n) is 5.53. The molecule has 9 nitrogen and oxygen atoms in total. The molecule has 4 aromatic rings. The molecule has 1 aliphatic heterocycles. The number of aromatic nitrogens is 5. The van der Waals surface area contributed by atoms with E-state index in [-0.39, 0.29) is 30.3 Å². The maximum absolute atomic E-state index is 14.7. The summed E-state index contributed by atoms with van der Waals surface area (Å²) in [6.07, 6.45) is 2.99. The van der Waals surface area contributed by atoms with Crippen molar-refractivity contribution in [1.82, 2.24) is 24.8 Å². The first-order valence-electron chi connectivity index (χ1n) is 10.3. The van der Waals surface area contributed by atoms with Crippen LogP contribution < -0.4 is 5.32 Å². The van der Waals surface area contributed by atoms with Crippen molar-refractivity contribution in [3.05, 3.63) is 48.0 Å². The van der Waals surface area contributed by atoms with Crippen LogP contribution in [0.1, 0.15) is 18.9 Å². The Balaban J connectivity index is 1.49. The Labute approximate surface area is 182 Å². The standard InChI is InChI=1S/C22H21FN6O3/c1-12-7-15-8-14(3-4-18(15)29-19(12)10-25-28-29)21-16(23)9-24-22(27-21)26-17-5-6-31-11-20(17)32-13(2)30/h3-4,7-10,17,20H,5-6,11H2,1-2H3,(H,24,26,27)/t17-,20-/m1/s1. The fourth-order valence-electron chi connectivity index (χ4n) is 4.01. The molecular weight excluding hydrogens is 415 g/mol. The molecule has 0 amide bonds. The summed E-state index contributed by atoms with van der Waals surface area (Å²) in [4.78, 5) is 19.9. The van der Waals surface area contributed by atoms with Crippen LogP contribution in [0.2, 0.25) is 0 Å². The zero-order valence-electron chi connectivity index (χ0n) is 17.6. The molecule has 2 atom stereocenters. The Morgan fingerprint density at radius 1 is 1.28 bits per heavy atom. The molecule has 1 aromatic carbocycles. The molecule has 0 bridgehead atoms. The summed E-state index contributed by atoms with van der Waals surface area (Å²) < 4.78 is 27.2. The summed E-state index contributed by atoms with van der Waals surface area (Å²) in [6.45, 7) is 4.13. The van der Waals surface area contributed by atoms with Crippen molar-refractivity contribution in [1.29, 1.82) is 0 Å². The van der Waals surface area contributed by atoms with E-state index in [0.29, 0.717) is 18.6 Å². The number of benzene rings is 1. The number of hydrogen-bond donors (Lipinski definition) is 1. The van der Waals surface area contributed by atoms with E-state index in [2.05, 4.69) is 25.6 Å². The molecule has 4 heterocycles. The minimum Gasteiger partial charge on any atom is -0.458 e. The SMILES string of the molecule is CC(=O)O[C@@H]1COCC[C@H]1Nc1ncc(F)c(-c2ccc3c(c2)cc(C)c2cnnn23)n1. The number of carbonyl (C=O) groups is 1. The van der Waals surface area contributed by atoms with E-state index >= 15 is 0 Å². The number of carbonyl (C=O) groups excluding carboxylic acids is 1. The van der Waals surface area contributed by atoms with Gasteiger partial charge in [-0.25, -0.2) is 18.9 Å². The van der Waals surface area contributed by atoms with E-state index in [1.807, 2.05) is 25.1 Å². The summed E-state index contributed by atoms with van der Waals surface area (Å²) >= 11 is 0. The number of nitrogens with one attached hydrogen (secondary N) is 1. The van der Waals surface area contributed by atoms with Gasteiger partial charge in [0.05, 0.1) is 36.1 Å². The van der Waals surface area contributed by atoms with Crippen molar-refractivity contribution in [2.24, 2.45) is 0 Å². The van der Waals surface area contributed by atoms with Crippen LogP contribution in [0.3, 0.4) is 0 Å². The van der Waals surface area contributed by atoms with E-state index in [0.717, 1.165) is 28.2 Å². The molecule has 1 N–H and O–H groups in total. The largest absolute Gasteiger partial charge is 0.458 e. The van der Waals surface area contributed by atoms with Crippen molar-refractivity contribution in [2.75, 3.05) is 18.5 Å². The molecule has 32 heavy (non-hydrogen) atoms. The topological polar surface area (TPSA) is 104 Å². The Morgan fingerprint density at radius 3 is 3.00 bits per heavy atom. The third kappa shape index (κ3) is 3.73. The van der Waals surface area contributed by atoms with Crippen LogP contribution in [-0.2, 0) is 14.3 Å². The van der Waals surface area contributed by atoms with Crippen molar-refractivity contribution in [3.63, 3.8) is 0 Å². The number of ether oxygens (including phenoxy) is 2. The van der Waals surface area contributed by atoms with Crippen molar-refractivity contribution >= 4 is 28.3 Å². The number of aryl methyl sites for hydroxylation is 1. The fraction of sp³-hybridized carbons (Fsp3) is 0.318. The average molecular weight is 436 g/mol. The second kappa shape index (κ2) is 8.12. The summed E-state index contributed by atoms with van der Waals surface area (Å²) in [5.41, 5.74) is 3.59. The third-order valence-corrected chi connectivity index (χ3v) is 5.53. The van der Waals surface area contributed by atoms with Crippen LogP contribution >= 0.6 is 0 Å². The molecular formula is C22H21FN6O3. The first-order valence-corrected chi connectivity index (χ1v) is 10.3. The van der Waals surface area contributed by atoms with Crippen molar-refractivity contribution < 1.29 is 18.7 Å². The summed E-state index contributed by atoms with van der Waals surface area (Å²) in [6, 6.07) is 7.32. The van der Waals surface area contributed by atoms with Gasteiger partial charge in [0, 0.05) is 24.5 Å². The highest BCUT2D eigenvalue weighted by molar-refractivity contribution is 5.87. The summed E-state index contributed by atoms with van der Waals surface area (Å²) in [7, 11) is 0. The smallest absolute Gasteiger partial charge is 0.303 e. The highest BCUT2D eigenvalue weighted by Gasteiger charge is 2.29. The molecule has 3 aromatic heterocycles. The Kier molecular flexibility index (Phi) is 5.14. The van der Waals surface area contributed by atoms with Crippen LogP contribution in [0.4, 0.5) is 10.3 Å². The van der Waals surface area contributed by atoms with Crippen molar-refractivity contribution in [2.45, 2.75) is 32.4 Å². The normalized spacial score (nSPS) is 18.7. The van der Waals surface area contributed by atoms with Crippen LogP contribution in [0.5, 0.6) is 0 Å². The van der Waals surface area contributed by atoms with Gasteiger partial charge in [0.25, 0.3) is 0 Å². The molecule has 164 valence electrons. The summed E-state index contributed by atoms with van der Waals surface area (Å²) in [5.74, 6) is -0.661. The predicted molar refractivity (Wildman–Crippen MR) is 115 cm³/mol. The lowest BCUT2D eigenvalue weighted by molar-refractivity contribution is -0.153.